The summed E-state index contributed by atoms with van der Waals surface area (Å²) in [6, 6.07) is 3.46. The highest BCUT2D eigenvalue weighted by Crippen LogP contribution is 2.40. The highest BCUT2D eigenvalue weighted by molar-refractivity contribution is 6.63. The summed E-state index contributed by atoms with van der Waals surface area (Å²) in [6.07, 6.45) is -1.60. The van der Waals surface area contributed by atoms with Gasteiger partial charge >= 0.3 is 6.11 Å². The zero-order chi connectivity index (χ0) is 19.9. The molecule has 1 atom stereocenters. The second-order valence-electron chi connectivity index (χ2n) is 6.03. The van der Waals surface area contributed by atoms with E-state index >= 15 is 0 Å². The van der Waals surface area contributed by atoms with Crippen molar-refractivity contribution in [2.75, 3.05) is 0 Å². The number of ether oxygens (including phenoxy) is 2. The molecule has 0 bridgehead atoms. The van der Waals surface area contributed by atoms with Gasteiger partial charge in [0.05, 0.1) is 6.42 Å². The molecule has 1 rings (SSSR count). The first kappa shape index (κ1) is 23.3. The van der Waals surface area contributed by atoms with Gasteiger partial charge < -0.3 is 9.47 Å². The van der Waals surface area contributed by atoms with E-state index in [0.29, 0.717) is 12.0 Å². The van der Waals surface area contributed by atoms with Crippen molar-refractivity contribution in [2.24, 2.45) is 0 Å². The summed E-state index contributed by atoms with van der Waals surface area (Å²) in [5.41, 5.74) is 1.51. The van der Waals surface area contributed by atoms with E-state index in [1.54, 1.807) is 13.0 Å². The molecule has 0 N–H and O–H groups in total. The van der Waals surface area contributed by atoms with Gasteiger partial charge in [0.15, 0.2) is 11.5 Å². The Kier molecular flexibility index (Phi) is 9.42. The average Bonchev–Trinajstić information content (AvgIpc) is 2.50. The van der Waals surface area contributed by atoms with Gasteiger partial charge in [-0.05, 0) is 48.6 Å². The van der Waals surface area contributed by atoms with Crippen molar-refractivity contribution in [3.05, 3.63) is 23.3 Å². The van der Waals surface area contributed by atoms with E-state index in [-0.39, 0.29) is 17.9 Å². The lowest BCUT2D eigenvalue weighted by atomic mass is 10.0. The monoisotopic (exact) mass is 430 g/mol. The van der Waals surface area contributed by atoms with Crippen LogP contribution in [0, 0.1) is 0 Å². The third-order valence-corrected chi connectivity index (χ3v) is 4.18. The second kappa shape index (κ2) is 10.5. The molecule has 0 spiro atoms. The van der Waals surface area contributed by atoms with E-state index in [0.717, 1.165) is 24.8 Å². The fourth-order valence-corrected chi connectivity index (χ4v) is 2.79. The molecular formula is C18H23Cl3F2O3. The molecule has 0 aromatic heterocycles. The summed E-state index contributed by atoms with van der Waals surface area (Å²) in [5.74, 6) is 0.00958. The van der Waals surface area contributed by atoms with Crippen molar-refractivity contribution in [2.45, 2.75) is 69.9 Å². The van der Waals surface area contributed by atoms with Crippen molar-refractivity contribution < 1.29 is 23.0 Å². The largest absolute Gasteiger partial charge is 0.486 e. The van der Waals surface area contributed by atoms with Gasteiger partial charge in [0.25, 0.3) is 0 Å². The number of benzene rings is 1. The van der Waals surface area contributed by atoms with Crippen LogP contribution < -0.4 is 9.47 Å². The zero-order valence-electron chi connectivity index (χ0n) is 15.0. The summed E-state index contributed by atoms with van der Waals surface area (Å²) in [4.78, 5) is 9.05. The molecule has 1 aromatic rings. The minimum Gasteiger partial charge on any atom is -0.486 e. The zero-order valence-corrected chi connectivity index (χ0v) is 17.2. The van der Waals surface area contributed by atoms with Crippen LogP contribution in [0.4, 0.5) is 8.78 Å². The van der Waals surface area contributed by atoms with Crippen molar-refractivity contribution in [3.8, 4) is 11.5 Å². The fraction of sp³-hybridized carbons (Fsp3) is 0.611. The van der Waals surface area contributed by atoms with Crippen molar-refractivity contribution >= 4 is 40.0 Å². The maximum absolute atomic E-state index is 14.0. The molecule has 0 fully saturated rings. The highest BCUT2D eigenvalue weighted by atomic mass is 35.5. The molecule has 1 unspecified atom stereocenters. The number of hydrogen-bond donors (Lipinski definition) is 0. The Labute approximate surface area is 167 Å². The first-order valence-corrected chi connectivity index (χ1v) is 9.71. The van der Waals surface area contributed by atoms with Crippen LogP contribution in [0.25, 0.3) is 0 Å². The summed E-state index contributed by atoms with van der Waals surface area (Å²) in [6.45, 7) is 5.56. The van der Waals surface area contributed by atoms with Crippen LogP contribution in [0.2, 0.25) is 0 Å². The number of carbonyl (C=O) groups is 1. The van der Waals surface area contributed by atoms with Crippen molar-refractivity contribution in [1.29, 1.82) is 0 Å². The number of rotatable bonds is 11. The first-order valence-electron chi connectivity index (χ1n) is 8.46. The Morgan fingerprint density at radius 3 is 2.31 bits per heavy atom. The van der Waals surface area contributed by atoms with Gasteiger partial charge in [-0.15, -0.1) is 0 Å². The molecule has 26 heavy (non-hydrogen) atoms. The lowest BCUT2D eigenvalue weighted by molar-refractivity contribution is -0.165. The maximum Gasteiger partial charge on any atom is 0.428 e. The van der Waals surface area contributed by atoms with Crippen LogP contribution in [-0.4, -0.2) is 22.3 Å². The maximum atomic E-state index is 14.0. The minimum absolute atomic E-state index is 0.0634. The summed E-state index contributed by atoms with van der Waals surface area (Å²) < 4.78 is 38.6. The lowest BCUT2D eigenvalue weighted by Gasteiger charge is -2.25. The molecule has 0 aliphatic carbocycles. The Morgan fingerprint density at radius 2 is 1.81 bits per heavy atom. The molecular weight excluding hydrogens is 409 g/mol. The van der Waals surface area contributed by atoms with Gasteiger partial charge in [0, 0.05) is 0 Å². The van der Waals surface area contributed by atoms with Crippen LogP contribution in [0.1, 0.15) is 51.2 Å². The second-order valence-corrected chi connectivity index (χ2v) is 7.55. The van der Waals surface area contributed by atoms with E-state index < -0.39 is 22.3 Å². The standard InChI is InChI=1S/C18H23Cl3F2O3/c1-4-6-12-9-13(7-5-2)16(26-18(22,23)17(20)21)14(10-12)25-11(3)8-15(19)24/h9-11,17H,4-8H2,1-3H3. The number of halogens is 5. The Balaban J connectivity index is 3.36. The van der Waals surface area contributed by atoms with Crippen LogP contribution >= 0.6 is 34.8 Å². The third kappa shape index (κ3) is 7.09. The van der Waals surface area contributed by atoms with Crippen LogP contribution in [0.15, 0.2) is 12.1 Å². The van der Waals surface area contributed by atoms with E-state index in [1.807, 2.05) is 19.9 Å². The molecule has 3 nitrogen and oxygen atoms in total. The summed E-state index contributed by atoms with van der Waals surface area (Å²) >= 11 is 16.1. The first-order chi connectivity index (χ1) is 12.1. The van der Waals surface area contributed by atoms with E-state index in [1.165, 1.54) is 0 Å². The Hall–Kier alpha value is -0.780. The van der Waals surface area contributed by atoms with Crippen LogP contribution in [0.3, 0.4) is 0 Å². The molecule has 0 heterocycles. The lowest BCUT2D eigenvalue weighted by Crippen LogP contribution is -2.33. The average molecular weight is 432 g/mol. The topological polar surface area (TPSA) is 35.5 Å². The molecule has 0 saturated carbocycles. The predicted octanol–water partition coefficient (Wildman–Crippen LogP) is 6.29. The predicted molar refractivity (Wildman–Crippen MR) is 101 cm³/mol. The van der Waals surface area contributed by atoms with Gasteiger partial charge in [0.2, 0.25) is 10.1 Å². The molecule has 8 heteroatoms. The van der Waals surface area contributed by atoms with Gasteiger partial charge in [0.1, 0.15) is 6.10 Å². The molecule has 0 amide bonds. The van der Waals surface area contributed by atoms with E-state index in [4.69, 9.17) is 44.3 Å². The normalized spacial score (nSPS) is 13.0. The number of alkyl halides is 4. The molecule has 0 saturated heterocycles. The van der Waals surface area contributed by atoms with E-state index in [9.17, 15) is 13.6 Å². The van der Waals surface area contributed by atoms with Gasteiger partial charge in [-0.2, -0.15) is 8.78 Å². The van der Waals surface area contributed by atoms with Crippen LogP contribution in [0.5, 0.6) is 11.5 Å². The number of aryl methyl sites for hydroxylation is 2. The summed E-state index contributed by atoms with van der Waals surface area (Å²) in [7, 11) is 0. The third-order valence-electron chi connectivity index (χ3n) is 3.52. The number of hydrogen-bond acceptors (Lipinski definition) is 3. The Morgan fingerprint density at radius 1 is 1.19 bits per heavy atom. The molecule has 0 radical (unpaired) electrons. The molecule has 148 valence electrons. The molecule has 0 aliphatic heterocycles. The molecule has 0 aliphatic rings. The molecule has 1 aromatic carbocycles. The Bertz CT molecular complexity index is 610. The fourth-order valence-electron chi connectivity index (χ4n) is 2.48. The minimum atomic E-state index is -3.79. The van der Waals surface area contributed by atoms with Crippen molar-refractivity contribution in [1.82, 2.24) is 0 Å². The SMILES string of the molecule is CCCc1cc(CCC)c(OC(F)(F)C(Cl)Cl)c(OC(C)CC(=O)Cl)c1. The summed E-state index contributed by atoms with van der Waals surface area (Å²) in [5, 5.41) is -0.578. The van der Waals surface area contributed by atoms with E-state index in [2.05, 4.69) is 0 Å². The van der Waals surface area contributed by atoms with Gasteiger partial charge in [-0.1, -0.05) is 56.0 Å². The highest BCUT2D eigenvalue weighted by Gasteiger charge is 2.41. The van der Waals surface area contributed by atoms with Crippen LogP contribution in [-0.2, 0) is 17.6 Å². The number of carbonyl (C=O) groups excluding carboxylic acids is 1. The van der Waals surface area contributed by atoms with Gasteiger partial charge in [-0.25, -0.2) is 0 Å². The smallest absolute Gasteiger partial charge is 0.428 e. The van der Waals surface area contributed by atoms with Gasteiger partial charge in [-0.3, -0.25) is 4.79 Å². The van der Waals surface area contributed by atoms with Crippen molar-refractivity contribution in [3.63, 3.8) is 0 Å². The quantitative estimate of drug-likeness (QED) is 0.305.